The molecule has 0 aromatic heterocycles. The second-order valence-electron chi connectivity index (χ2n) is 4.53. The molecule has 0 radical (unpaired) electrons. The zero-order valence-electron chi connectivity index (χ0n) is 11.1. The van der Waals surface area contributed by atoms with E-state index >= 15 is 0 Å². The molecule has 0 saturated carbocycles. The summed E-state index contributed by atoms with van der Waals surface area (Å²) in [5.41, 5.74) is 0. The summed E-state index contributed by atoms with van der Waals surface area (Å²) in [5.74, 6) is -0.450. The Balaban J connectivity index is 2.39. The summed E-state index contributed by atoms with van der Waals surface area (Å²) in [5, 5.41) is 0. The molecule has 2 atom stereocenters. The van der Waals surface area contributed by atoms with Crippen LogP contribution in [-0.4, -0.2) is 37.9 Å². The van der Waals surface area contributed by atoms with E-state index in [0.29, 0.717) is 13.0 Å². The summed E-state index contributed by atoms with van der Waals surface area (Å²) in [4.78, 5) is 22.4. The van der Waals surface area contributed by atoms with Gasteiger partial charge in [0, 0.05) is 6.42 Å². The Morgan fingerprint density at radius 1 is 1.39 bits per heavy atom. The third kappa shape index (κ3) is 5.49. The van der Waals surface area contributed by atoms with Gasteiger partial charge in [0.2, 0.25) is 0 Å². The predicted octanol–water partition coefficient (Wildman–Crippen LogP) is 1.83. The number of hydrogen-bond acceptors (Lipinski definition) is 5. The van der Waals surface area contributed by atoms with Gasteiger partial charge in [-0.25, -0.2) is 0 Å². The first kappa shape index (κ1) is 15.0. The molecule has 5 heteroatoms. The number of ether oxygens (including phenoxy) is 3. The monoisotopic (exact) mass is 258 g/mol. The molecule has 1 saturated heterocycles. The van der Waals surface area contributed by atoms with E-state index in [2.05, 4.69) is 4.74 Å². The third-order valence-electron chi connectivity index (χ3n) is 3.08. The van der Waals surface area contributed by atoms with Crippen LogP contribution < -0.4 is 0 Å². The maximum atomic E-state index is 11.4. The van der Waals surface area contributed by atoms with Crippen molar-refractivity contribution in [2.24, 2.45) is 0 Å². The molecule has 0 aromatic rings. The van der Waals surface area contributed by atoms with Crippen LogP contribution in [0.25, 0.3) is 0 Å². The standard InChI is InChI=1S/C13H22O5/c1-10-11(17-9-8-12(14)16-2)6-4-3-5-7-13(15)18-10/h10-11H,3-9H2,1-2H3/t10-,11+/m0/s1. The summed E-state index contributed by atoms with van der Waals surface area (Å²) in [6, 6.07) is 0. The second kappa shape index (κ2) is 8.08. The minimum atomic E-state index is -0.289. The molecule has 0 unspecified atom stereocenters. The molecular formula is C13H22O5. The van der Waals surface area contributed by atoms with Gasteiger partial charge in [-0.05, 0) is 19.8 Å². The van der Waals surface area contributed by atoms with Crippen molar-refractivity contribution in [2.45, 2.75) is 57.7 Å². The zero-order valence-corrected chi connectivity index (χ0v) is 11.1. The van der Waals surface area contributed by atoms with Gasteiger partial charge in [0.1, 0.15) is 6.10 Å². The number of carbonyl (C=O) groups excluding carboxylic acids is 2. The molecular weight excluding hydrogens is 236 g/mol. The van der Waals surface area contributed by atoms with Gasteiger partial charge >= 0.3 is 11.9 Å². The fraction of sp³-hybridized carbons (Fsp3) is 0.846. The van der Waals surface area contributed by atoms with Gasteiger partial charge in [-0.3, -0.25) is 9.59 Å². The Labute approximate surface area is 108 Å². The number of hydrogen-bond donors (Lipinski definition) is 0. The molecule has 18 heavy (non-hydrogen) atoms. The maximum absolute atomic E-state index is 11.4. The molecule has 0 aliphatic carbocycles. The van der Waals surface area contributed by atoms with Gasteiger partial charge < -0.3 is 14.2 Å². The van der Waals surface area contributed by atoms with Gasteiger partial charge in [-0.1, -0.05) is 12.8 Å². The van der Waals surface area contributed by atoms with E-state index in [0.717, 1.165) is 25.7 Å². The van der Waals surface area contributed by atoms with E-state index in [-0.39, 0.29) is 30.6 Å². The molecule has 1 aliphatic heterocycles. The first-order chi connectivity index (χ1) is 8.63. The lowest BCUT2D eigenvalue weighted by atomic mass is 10.1. The van der Waals surface area contributed by atoms with Crippen LogP contribution in [0.4, 0.5) is 0 Å². The van der Waals surface area contributed by atoms with Crippen molar-refractivity contribution in [3.8, 4) is 0 Å². The van der Waals surface area contributed by atoms with Crippen LogP contribution >= 0.6 is 0 Å². The summed E-state index contributed by atoms with van der Waals surface area (Å²) < 4.78 is 15.5. The van der Waals surface area contributed by atoms with Crippen molar-refractivity contribution >= 4 is 11.9 Å². The molecule has 1 aliphatic rings. The summed E-state index contributed by atoms with van der Waals surface area (Å²) in [7, 11) is 1.35. The molecule has 0 bridgehead atoms. The van der Waals surface area contributed by atoms with E-state index in [1.54, 1.807) is 0 Å². The number of carbonyl (C=O) groups is 2. The largest absolute Gasteiger partial charge is 0.469 e. The zero-order chi connectivity index (χ0) is 13.4. The first-order valence-corrected chi connectivity index (χ1v) is 6.51. The van der Waals surface area contributed by atoms with E-state index in [1.807, 2.05) is 6.92 Å². The van der Waals surface area contributed by atoms with Crippen LogP contribution in [-0.2, 0) is 23.8 Å². The molecule has 1 heterocycles. The highest BCUT2D eigenvalue weighted by atomic mass is 16.6. The van der Waals surface area contributed by atoms with Crippen LogP contribution in [0.1, 0.15) is 45.4 Å². The minimum absolute atomic E-state index is 0.128. The fourth-order valence-electron chi connectivity index (χ4n) is 1.98. The quantitative estimate of drug-likeness (QED) is 0.720. The summed E-state index contributed by atoms with van der Waals surface area (Å²) in [6.07, 6.45) is 4.09. The lowest BCUT2D eigenvalue weighted by molar-refractivity contribution is -0.157. The normalized spacial score (nSPS) is 25.6. The Hall–Kier alpha value is -1.10. The molecule has 0 spiro atoms. The highest BCUT2D eigenvalue weighted by molar-refractivity contribution is 5.69. The average Bonchev–Trinajstić information content (AvgIpc) is 2.41. The number of cyclic esters (lactones) is 1. The SMILES string of the molecule is COC(=O)CCO[C@@H]1CCCCCC(=O)O[C@H]1C. The van der Waals surface area contributed by atoms with Crippen molar-refractivity contribution in [3.63, 3.8) is 0 Å². The summed E-state index contributed by atoms with van der Waals surface area (Å²) in [6.45, 7) is 2.14. The highest BCUT2D eigenvalue weighted by Crippen LogP contribution is 2.18. The van der Waals surface area contributed by atoms with Crippen LogP contribution in [0.3, 0.4) is 0 Å². The average molecular weight is 258 g/mol. The molecule has 1 rings (SSSR count). The summed E-state index contributed by atoms with van der Waals surface area (Å²) >= 11 is 0. The Kier molecular flexibility index (Phi) is 6.72. The molecule has 0 aromatic carbocycles. The van der Waals surface area contributed by atoms with Gasteiger partial charge in [-0.2, -0.15) is 0 Å². The van der Waals surface area contributed by atoms with Crippen LogP contribution in [0, 0.1) is 0 Å². The van der Waals surface area contributed by atoms with Crippen molar-refractivity contribution < 1.29 is 23.8 Å². The fourth-order valence-corrected chi connectivity index (χ4v) is 1.98. The minimum Gasteiger partial charge on any atom is -0.469 e. The van der Waals surface area contributed by atoms with Crippen molar-refractivity contribution in [1.82, 2.24) is 0 Å². The van der Waals surface area contributed by atoms with E-state index in [9.17, 15) is 9.59 Å². The van der Waals surface area contributed by atoms with Gasteiger partial charge in [-0.15, -0.1) is 0 Å². The van der Waals surface area contributed by atoms with E-state index in [4.69, 9.17) is 9.47 Å². The molecule has 0 amide bonds. The Morgan fingerprint density at radius 2 is 2.17 bits per heavy atom. The van der Waals surface area contributed by atoms with Gasteiger partial charge in [0.15, 0.2) is 0 Å². The Morgan fingerprint density at radius 3 is 2.89 bits per heavy atom. The maximum Gasteiger partial charge on any atom is 0.307 e. The smallest absolute Gasteiger partial charge is 0.307 e. The third-order valence-corrected chi connectivity index (χ3v) is 3.08. The van der Waals surface area contributed by atoms with Gasteiger partial charge in [0.25, 0.3) is 0 Å². The lowest BCUT2D eigenvalue weighted by Crippen LogP contribution is -2.31. The second-order valence-corrected chi connectivity index (χ2v) is 4.53. The number of rotatable bonds is 4. The highest BCUT2D eigenvalue weighted by Gasteiger charge is 2.23. The number of methoxy groups -OCH3 is 1. The van der Waals surface area contributed by atoms with E-state index < -0.39 is 0 Å². The topological polar surface area (TPSA) is 61.8 Å². The first-order valence-electron chi connectivity index (χ1n) is 6.51. The van der Waals surface area contributed by atoms with Crippen LogP contribution in [0.2, 0.25) is 0 Å². The lowest BCUT2D eigenvalue weighted by Gasteiger charge is -2.23. The molecule has 1 fully saturated rings. The Bertz CT molecular complexity index is 277. The van der Waals surface area contributed by atoms with Crippen LogP contribution in [0.5, 0.6) is 0 Å². The van der Waals surface area contributed by atoms with E-state index in [1.165, 1.54) is 7.11 Å². The molecule has 104 valence electrons. The van der Waals surface area contributed by atoms with Crippen molar-refractivity contribution in [2.75, 3.05) is 13.7 Å². The molecule has 5 nitrogen and oxygen atoms in total. The molecule has 0 N–H and O–H groups in total. The number of esters is 2. The van der Waals surface area contributed by atoms with Crippen molar-refractivity contribution in [1.29, 1.82) is 0 Å². The van der Waals surface area contributed by atoms with Gasteiger partial charge in [0.05, 0.1) is 26.2 Å². The predicted molar refractivity (Wildman–Crippen MR) is 65.0 cm³/mol. The van der Waals surface area contributed by atoms with Crippen LogP contribution in [0.15, 0.2) is 0 Å². The van der Waals surface area contributed by atoms with Crippen molar-refractivity contribution in [3.05, 3.63) is 0 Å².